The third kappa shape index (κ3) is 3.39. The zero-order valence-corrected chi connectivity index (χ0v) is 15.7. The summed E-state index contributed by atoms with van der Waals surface area (Å²) in [6.45, 7) is 0.105. The van der Waals surface area contributed by atoms with Crippen LogP contribution in [0.4, 0.5) is 5.82 Å². The molecule has 5 rings (SSSR count). The van der Waals surface area contributed by atoms with Gasteiger partial charge in [0.15, 0.2) is 17.2 Å². The maximum atomic E-state index is 12.8. The highest BCUT2D eigenvalue weighted by Gasteiger charge is 2.26. The van der Waals surface area contributed by atoms with Gasteiger partial charge in [0.05, 0.1) is 6.21 Å². The van der Waals surface area contributed by atoms with Crippen molar-refractivity contribution >= 4 is 17.9 Å². The van der Waals surface area contributed by atoms with Gasteiger partial charge < -0.3 is 15.2 Å². The van der Waals surface area contributed by atoms with Crippen molar-refractivity contribution in [3.8, 4) is 28.6 Å². The van der Waals surface area contributed by atoms with Crippen LogP contribution in [-0.4, -0.2) is 49.2 Å². The number of ether oxygens (including phenoxy) is 2. The van der Waals surface area contributed by atoms with E-state index in [1.807, 2.05) is 0 Å². The molecule has 1 amide bonds. The van der Waals surface area contributed by atoms with Gasteiger partial charge in [-0.05, 0) is 46.2 Å². The third-order valence-electron chi connectivity index (χ3n) is 4.31. The molecule has 0 aliphatic carbocycles. The molecule has 31 heavy (non-hydrogen) atoms. The Morgan fingerprint density at radius 1 is 1.16 bits per heavy atom. The van der Waals surface area contributed by atoms with Crippen molar-refractivity contribution in [2.75, 3.05) is 12.5 Å². The second-order valence-electron chi connectivity index (χ2n) is 6.22. The average Bonchev–Trinajstić information content (AvgIpc) is 3.52. The minimum absolute atomic E-state index is 0.0189. The number of fused-ring (bicyclic) bond motifs is 1. The zero-order chi connectivity index (χ0) is 21.2. The quantitative estimate of drug-likeness (QED) is 0.348. The van der Waals surface area contributed by atoms with Crippen LogP contribution in [0, 0.1) is 0 Å². The highest BCUT2D eigenvalue weighted by molar-refractivity contribution is 5.99. The minimum Gasteiger partial charge on any atom is -0.454 e. The normalized spacial score (nSPS) is 12.4. The molecule has 0 radical (unpaired) electrons. The first-order valence-electron chi connectivity index (χ1n) is 8.88. The Kier molecular flexibility index (Phi) is 4.44. The number of hydrazone groups is 1. The number of aromatic nitrogens is 6. The van der Waals surface area contributed by atoms with E-state index in [2.05, 4.69) is 40.8 Å². The first kappa shape index (κ1) is 18.2. The molecule has 0 fully saturated rings. The lowest BCUT2D eigenvalue weighted by atomic mass is 10.1. The fraction of sp³-hybridized carbons (Fsp3) is 0.0556. The smallest absolute Gasteiger partial charge is 0.294 e. The topological polar surface area (TPSA) is 168 Å². The lowest BCUT2D eigenvalue weighted by Crippen LogP contribution is -2.19. The monoisotopic (exact) mass is 419 g/mol. The van der Waals surface area contributed by atoms with Crippen LogP contribution >= 0.6 is 0 Å². The van der Waals surface area contributed by atoms with Crippen LogP contribution in [0.1, 0.15) is 16.1 Å². The van der Waals surface area contributed by atoms with Crippen LogP contribution in [0.3, 0.4) is 0 Å². The molecule has 0 spiro atoms. The van der Waals surface area contributed by atoms with E-state index in [0.29, 0.717) is 17.1 Å². The van der Waals surface area contributed by atoms with E-state index in [9.17, 15) is 4.79 Å². The minimum atomic E-state index is -0.598. The van der Waals surface area contributed by atoms with Crippen LogP contribution in [0.25, 0.3) is 17.1 Å². The molecule has 0 bridgehead atoms. The molecule has 1 aromatic carbocycles. The lowest BCUT2D eigenvalue weighted by molar-refractivity contribution is 0.0950. The van der Waals surface area contributed by atoms with Crippen molar-refractivity contribution < 1.29 is 18.9 Å². The average molecular weight is 419 g/mol. The number of pyridine rings is 1. The van der Waals surface area contributed by atoms with Gasteiger partial charge in [-0.3, -0.25) is 9.78 Å². The molecular formula is C18H13N9O4. The molecule has 0 atom stereocenters. The van der Waals surface area contributed by atoms with E-state index >= 15 is 0 Å². The molecule has 154 valence electrons. The van der Waals surface area contributed by atoms with Gasteiger partial charge in [0.1, 0.15) is 5.69 Å². The number of nitrogens with two attached hydrogens (primary N) is 1. The van der Waals surface area contributed by atoms with Crippen molar-refractivity contribution in [1.29, 1.82) is 0 Å². The van der Waals surface area contributed by atoms with Gasteiger partial charge in [-0.15, -0.1) is 5.10 Å². The molecule has 4 aromatic rings. The Morgan fingerprint density at radius 3 is 2.81 bits per heavy atom. The number of carbonyl (C=O) groups is 1. The van der Waals surface area contributed by atoms with Crippen LogP contribution in [-0.2, 0) is 0 Å². The zero-order valence-electron chi connectivity index (χ0n) is 15.7. The summed E-state index contributed by atoms with van der Waals surface area (Å²) in [7, 11) is 0. The number of hydrogen-bond acceptors (Lipinski definition) is 11. The molecule has 0 saturated heterocycles. The number of rotatable bonds is 5. The molecule has 13 nitrogen and oxygen atoms in total. The van der Waals surface area contributed by atoms with Crippen molar-refractivity contribution in [1.82, 2.24) is 35.7 Å². The van der Waals surface area contributed by atoms with Crippen molar-refractivity contribution in [3.05, 3.63) is 54.0 Å². The Balaban J connectivity index is 1.53. The maximum Gasteiger partial charge on any atom is 0.294 e. The summed E-state index contributed by atoms with van der Waals surface area (Å²) >= 11 is 0. The Hall–Kier alpha value is -4.81. The Bertz CT molecular complexity index is 1280. The van der Waals surface area contributed by atoms with E-state index in [-0.39, 0.29) is 29.8 Å². The third-order valence-corrected chi connectivity index (χ3v) is 4.31. The second kappa shape index (κ2) is 7.55. The van der Waals surface area contributed by atoms with Gasteiger partial charge >= 0.3 is 0 Å². The van der Waals surface area contributed by atoms with Crippen LogP contribution in [0.2, 0.25) is 0 Å². The summed E-state index contributed by atoms with van der Waals surface area (Å²) in [5.41, 5.74) is 9.83. The Labute approximate surface area is 173 Å². The number of anilines is 1. The first-order valence-corrected chi connectivity index (χ1v) is 8.88. The standard InChI is InChI=1S/C18H13N9O4/c19-16-17(25-31-24-16)27-15(11-1-2-12-13(7-11)30-9-29-12)14(22-26-27)18(28)23-21-8-10-3-5-20-6-4-10/h1-8H,9H2,(H2,19,24)(H,23,28)/b21-8+. The lowest BCUT2D eigenvalue weighted by Gasteiger charge is -2.07. The second-order valence-corrected chi connectivity index (χ2v) is 6.22. The fourth-order valence-electron chi connectivity index (χ4n) is 2.89. The van der Waals surface area contributed by atoms with E-state index in [4.69, 9.17) is 15.2 Å². The summed E-state index contributed by atoms with van der Waals surface area (Å²) in [4.78, 5) is 16.8. The molecule has 1 aliphatic rings. The van der Waals surface area contributed by atoms with Gasteiger partial charge in [0.25, 0.3) is 5.91 Å². The van der Waals surface area contributed by atoms with Crippen LogP contribution in [0.15, 0.2) is 52.5 Å². The molecule has 0 unspecified atom stereocenters. The number of nitrogens with zero attached hydrogens (tertiary/aromatic N) is 7. The largest absolute Gasteiger partial charge is 0.454 e. The van der Waals surface area contributed by atoms with Gasteiger partial charge in [-0.2, -0.15) is 9.78 Å². The van der Waals surface area contributed by atoms with E-state index in [1.54, 1.807) is 42.7 Å². The van der Waals surface area contributed by atoms with E-state index < -0.39 is 5.91 Å². The number of nitrogen functional groups attached to an aromatic ring is 1. The predicted octanol–water partition coefficient (Wildman–Crippen LogP) is 0.787. The van der Waals surface area contributed by atoms with Gasteiger partial charge in [0, 0.05) is 18.0 Å². The number of carbonyl (C=O) groups excluding carboxylic acids is 1. The van der Waals surface area contributed by atoms with E-state index in [0.717, 1.165) is 5.56 Å². The van der Waals surface area contributed by atoms with Gasteiger partial charge in [-0.1, -0.05) is 5.21 Å². The number of nitrogens with one attached hydrogen (secondary N) is 1. The van der Waals surface area contributed by atoms with Crippen LogP contribution < -0.4 is 20.6 Å². The van der Waals surface area contributed by atoms with E-state index in [1.165, 1.54) is 10.9 Å². The summed E-state index contributed by atoms with van der Waals surface area (Å²) in [6, 6.07) is 8.61. The summed E-state index contributed by atoms with van der Waals surface area (Å²) in [6.07, 6.45) is 4.70. The van der Waals surface area contributed by atoms with Crippen molar-refractivity contribution in [2.24, 2.45) is 5.10 Å². The number of benzene rings is 1. The van der Waals surface area contributed by atoms with Gasteiger partial charge in [-0.25, -0.2) is 10.1 Å². The molecule has 0 saturated carbocycles. The van der Waals surface area contributed by atoms with Crippen molar-refractivity contribution in [2.45, 2.75) is 0 Å². The highest BCUT2D eigenvalue weighted by Crippen LogP contribution is 2.37. The Morgan fingerprint density at radius 2 is 2.00 bits per heavy atom. The maximum absolute atomic E-state index is 12.8. The molecular weight excluding hydrogens is 406 g/mol. The summed E-state index contributed by atoms with van der Waals surface area (Å²) in [5, 5.41) is 19.2. The molecule has 1 aliphatic heterocycles. The summed E-state index contributed by atoms with van der Waals surface area (Å²) < 4.78 is 16.7. The summed E-state index contributed by atoms with van der Waals surface area (Å²) in [5.74, 6) is 0.560. The molecule has 13 heteroatoms. The predicted molar refractivity (Wildman–Crippen MR) is 104 cm³/mol. The fourth-order valence-corrected chi connectivity index (χ4v) is 2.89. The highest BCUT2D eigenvalue weighted by atomic mass is 16.7. The number of hydrogen-bond donors (Lipinski definition) is 2. The SMILES string of the molecule is Nc1nonc1-n1nnc(C(=O)N/N=C/c2ccncc2)c1-c1ccc2c(c1)OCO2. The molecule has 4 heterocycles. The molecule has 3 N–H and O–H groups in total. The van der Waals surface area contributed by atoms with Crippen LogP contribution in [0.5, 0.6) is 11.5 Å². The molecule has 3 aromatic heterocycles. The number of amides is 1. The van der Waals surface area contributed by atoms with Gasteiger partial charge in [0.2, 0.25) is 18.4 Å². The van der Waals surface area contributed by atoms with Crippen molar-refractivity contribution in [3.63, 3.8) is 0 Å². The first-order chi connectivity index (χ1) is 15.2.